The molecular weight excluding hydrogens is 217 g/mol. The molecule has 0 fully saturated rings. The summed E-state index contributed by atoms with van der Waals surface area (Å²) >= 11 is 0. The van der Waals surface area contributed by atoms with Gasteiger partial charge >= 0.3 is 0 Å². The second-order valence-corrected chi connectivity index (χ2v) is 4.20. The number of hydrogen-bond acceptors (Lipinski definition) is 2. The predicted octanol–water partition coefficient (Wildman–Crippen LogP) is 3.58. The maximum Gasteiger partial charge on any atom is 0.126 e. The normalized spacial score (nSPS) is 12.6. The molecule has 3 heteroatoms. The summed E-state index contributed by atoms with van der Waals surface area (Å²) in [6, 6.07) is 9.20. The van der Waals surface area contributed by atoms with Gasteiger partial charge in [0.1, 0.15) is 11.6 Å². The molecule has 0 aliphatic heterocycles. The van der Waals surface area contributed by atoms with Gasteiger partial charge in [0.25, 0.3) is 0 Å². The molecular formula is C14H16FNO. The average molecular weight is 233 g/mol. The van der Waals surface area contributed by atoms with E-state index in [0.717, 1.165) is 11.3 Å². The van der Waals surface area contributed by atoms with Gasteiger partial charge in [-0.1, -0.05) is 12.1 Å². The molecule has 1 aromatic heterocycles. The van der Waals surface area contributed by atoms with Crippen LogP contribution in [0.5, 0.6) is 0 Å². The second-order valence-electron chi connectivity index (χ2n) is 4.20. The number of nitrogens with one attached hydrogen (secondary N) is 1. The Morgan fingerprint density at radius 1 is 1.35 bits per heavy atom. The van der Waals surface area contributed by atoms with Crippen molar-refractivity contribution in [3.05, 3.63) is 59.3 Å². The highest BCUT2D eigenvalue weighted by molar-refractivity contribution is 5.23. The Kier molecular flexibility index (Phi) is 3.59. The van der Waals surface area contributed by atoms with Crippen molar-refractivity contribution in [2.45, 2.75) is 26.4 Å². The number of benzene rings is 1. The molecule has 2 rings (SSSR count). The predicted molar refractivity (Wildman–Crippen MR) is 65.1 cm³/mol. The van der Waals surface area contributed by atoms with Gasteiger partial charge in [0.15, 0.2) is 0 Å². The zero-order valence-electron chi connectivity index (χ0n) is 10.0. The quantitative estimate of drug-likeness (QED) is 0.873. The molecule has 0 aliphatic carbocycles. The molecule has 0 bridgehead atoms. The molecule has 2 nitrogen and oxygen atoms in total. The van der Waals surface area contributed by atoms with E-state index in [4.69, 9.17) is 4.42 Å². The molecule has 1 heterocycles. The van der Waals surface area contributed by atoms with E-state index in [1.165, 1.54) is 0 Å². The summed E-state index contributed by atoms with van der Waals surface area (Å²) in [7, 11) is 0. The Morgan fingerprint density at radius 3 is 2.82 bits per heavy atom. The molecule has 0 saturated heterocycles. The van der Waals surface area contributed by atoms with Crippen molar-refractivity contribution in [1.82, 2.24) is 5.32 Å². The number of hydrogen-bond donors (Lipinski definition) is 1. The Morgan fingerprint density at radius 2 is 2.18 bits per heavy atom. The van der Waals surface area contributed by atoms with Gasteiger partial charge in [-0.25, -0.2) is 4.39 Å². The third kappa shape index (κ3) is 2.94. The maximum atomic E-state index is 13.3. The van der Waals surface area contributed by atoms with E-state index in [2.05, 4.69) is 5.32 Å². The highest BCUT2D eigenvalue weighted by atomic mass is 19.1. The summed E-state index contributed by atoms with van der Waals surface area (Å²) in [6.07, 6.45) is 1.65. The first kappa shape index (κ1) is 11.9. The zero-order chi connectivity index (χ0) is 12.3. The van der Waals surface area contributed by atoms with Crippen molar-refractivity contribution >= 4 is 0 Å². The van der Waals surface area contributed by atoms with Gasteiger partial charge in [0.05, 0.1) is 12.3 Å². The first-order valence-electron chi connectivity index (χ1n) is 5.68. The minimum Gasteiger partial charge on any atom is -0.468 e. The molecule has 0 spiro atoms. The second kappa shape index (κ2) is 5.15. The van der Waals surface area contributed by atoms with Crippen LogP contribution in [-0.4, -0.2) is 0 Å². The van der Waals surface area contributed by atoms with Crippen molar-refractivity contribution in [2.24, 2.45) is 0 Å². The van der Waals surface area contributed by atoms with Gasteiger partial charge in [-0.3, -0.25) is 0 Å². The fourth-order valence-electron chi connectivity index (χ4n) is 1.66. The first-order valence-corrected chi connectivity index (χ1v) is 5.68. The van der Waals surface area contributed by atoms with Gasteiger partial charge in [-0.05, 0) is 43.2 Å². The summed E-state index contributed by atoms with van der Waals surface area (Å²) in [4.78, 5) is 0. The topological polar surface area (TPSA) is 25.2 Å². The maximum absolute atomic E-state index is 13.3. The van der Waals surface area contributed by atoms with E-state index in [1.54, 1.807) is 25.3 Å². The van der Waals surface area contributed by atoms with Gasteiger partial charge in [-0.2, -0.15) is 0 Å². The lowest BCUT2D eigenvalue weighted by Crippen LogP contribution is -2.17. The molecule has 1 N–H and O–H groups in total. The van der Waals surface area contributed by atoms with Gasteiger partial charge in [-0.15, -0.1) is 0 Å². The monoisotopic (exact) mass is 233 g/mol. The smallest absolute Gasteiger partial charge is 0.126 e. The number of rotatable bonds is 4. The number of halogens is 1. The third-order valence-corrected chi connectivity index (χ3v) is 2.82. The Balaban J connectivity index is 1.96. The van der Waals surface area contributed by atoms with E-state index in [9.17, 15) is 4.39 Å². The van der Waals surface area contributed by atoms with E-state index >= 15 is 0 Å². The fraction of sp³-hybridized carbons (Fsp3) is 0.286. The van der Waals surface area contributed by atoms with E-state index in [1.807, 2.05) is 25.1 Å². The zero-order valence-corrected chi connectivity index (χ0v) is 10.0. The van der Waals surface area contributed by atoms with Crippen LogP contribution in [0.3, 0.4) is 0 Å². The third-order valence-electron chi connectivity index (χ3n) is 2.82. The lowest BCUT2D eigenvalue weighted by atomic mass is 10.1. The van der Waals surface area contributed by atoms with E-state index < -0.39 is 0 Å². The Labute approximate surface area is 100 Å². The van der Waals surface area contributed by atoms with Crippen LogP contribution >= 0.6 is 0 Å². The molecule has 1 atom stereocenters. The molecule has 0 amide bonds. The minimum atomic E-state index is -0.157. The molecule has 90 valence electrons. The summed E-state index contributed by atoms with van der Waals surface area (Å²) in [6.45, 7) is 4.40. The SMILES string of the molecule is Cc1ccc(CN[C@H](C)c2ccco2)cc1F. The van der Waals surface area contributed by atoms with Crippen LogP contribution in [-0.2, 0) is 6.54 Å². The van der Waals surface area contributed by atoms with Crippen molar-refractivity contribution in [1.29, 1.82) is 0 Å². The van der Waals surface area contributed by atoms with E-state index in [0.29, 0.717) is 12.1 Å². The van der Waals surface area contributed by atoms with E-state index in [-0.39, 0.29) is 11.9 Å². The molecule has 2 aromatic rings. The number of furan rings is 1. The van der Waals surface area contributed by atoms with Crippen LogP contribution in [0.2, 0.25) is 0 Å². The van der Waals surface area contributed by atoms with Crippen molar-refractivity contribution < 1.29 is 8.81 Å². The highest BCUT2D eigenvalue weighted by Crippen LogP contribution is 2.14. The number of aryl methyl sites for hydroxylation is 1. The molecule has 17 heavy (non-hydrogen) atoms. The largest absolute Gasteiger partial charge is 0.468 e. The molecule has 0 unspecified atom stereocenters. The summed E-state index contributed by atoms with van der Waals surface area (Å²) in [5.41, 5.74) is 1.61. The van der Waals surface area contributed by atoms with Crippen molar-refractivity contribution in [3.8, 4) is 0 Å². The van der Waals surface area contributed by atoms with Crippen LogP contribution in [0.25, 0.3) is 0 Å². The summed E-state index contributed by atoms with van der Waals surface area (Å²) in [5, 5.41) is 3.29. The Hall–Kier alpha value is -1.61. The average Bonchev–Trinajstić information content (AvgIpc) is 2.84. The van der Waals surface area contributed by atoms with Gasteiger partial charge in [0.2, 0.25) is 0 Å². The molecule has 0 saturated carbocycles. The van der Waals surface area contributed by atoms with Crippen molar-refractivity contribution in [3.63, 3.8) is 0 Å². The van der Waals surface area contributed by atoms with Crippen LogP contribution in [0.1, 0.15) is 29.9 Å². The van der Waals surface area contributed by atoms with Crippen molar-refractivity contribution in [2.75, 3.05) is 0 Å². The Bertz CT molecular complexity index is 479. The van der Waals surface area contributed by atoms with Crippen LogP contribution < -0.4 is 5.32 Å². The summed E-state index contributed by atoms with van der Waals surface area (Å²) in [5.74, 6) is 0.729. The standard InChI is InChI=1S/C14H16FNO/c1-10-5-6-12(8-13(10)15)9-16-11(2)14-4-3-7-17-14/h3-8,11,16H,9H2,1-2H3/t11-/m1/s1. The first-order chi connectivity index (χ1) is 8.16. The van der Waals surface area contributed by atoms with Crippen LogP contribution in [0, 0.1) is 12.7 Å². The molecule has 0 radical (unpaired) electrons. The molecule has 0 aliphatic rings. The lowest BCUT2D eigenvalue weighted by Gasteiger charge is -2.11. The van der Waals surface area contributed by atoms with Crippen LogP contribution in [0.4, 0.5) is 4.39 Å². The highest BCUT2D eigenvalue weighted by Gasteiger charge is 2.07. The summed E-state index contributed by atoms with van der Waals surface area (Å²) < 4.78 is 18.6. The lowest BCUT2D eigenvalue weighted by molar-refractivity contribution is 0.430. The van der Waals surface area contributed by atoms with Gasteiger partial charge < -0.3 is 9.73 Å². The molecule has 1 aromatic carbocycles. The fourth-order valence-corrected chi connectivity index (χ4v) is 1.66. The minimum absolute atomic E-state index is 0.120. The van der Waals surface area contributed by atoms with Crippen LogP contribution in [0.15, 0.2) is 41.0 Å². The van der Waals surface area contributed by atoms with Gasteiger partial charge in [0, 0.05) is 6.54 Å².